The molecule has 2 saturated heterocycles. The Hall–Kier alpha value is -2.90. The maximum atomic E-state index is 13.0. The highest BCUT2D eigenvalue weighted by Gasteiger charge is 2.48. The highest BCUT2D eigenvalue weighted by Crippen LogP contribution is 2.31. The maximum Gasteiger partial charge on any atom is 0.322 e. The number of aromatic amines is 1. The number of fused-ring (bicyclic) bond motifs is 1. The molecule has 136 valence electrons. The molecule has 2 aromatic rings. The number of carbonyl (C=O) groups is 3. The number of hydrogen-bond donors (Lipinski definition) is 3. The molecular weight excluding hydrogens is 334 g/mol. The van der Waals surface area contributed by atoms with Crippen molar-refractivity contribution in [1.82, 2.24) is 25.5 Å². The van der Waals surface area contributed by atoms with Crippen molar-refractivity contribution in [1.29, 1.82) is 0 Å². The third kappa shape index (κ3) is 2.53. The topological polar surface area (TPSA) is 107 Å². The number of rotatable bonds is 2. The molecule has 26 heavy (non-hydrogen) atoms. The standard InChI is InChI=1S/C18H21N5O3/c1-10-19-13-5-3-4-12(14(13)20-10)15(24)23-8-6-11(7-9-23)18(2)16(25)21-17(26)22-18/h3-5,11H,6-9H2,1-2H3,(H,19,20)(H2,21,22,25,26). The average molecular weight is 355 g/mol. The number of aryl methyl sites for hydroxylation is 1. The minimum atomic E-state index is -0.897. The van der Waals surface area contributed by atoms with Crippen LogP contribution < -0.4 is 10.6 Å². The van der Waals surface area contributed by atoms with Crippen LogP contribution in [0.2, 0.25) is 0 Å². The van der Waals surface area contributed by atoms with Gasteiger partial charge in [-0.25, -0.2) is 9.78 Å². The molecule has 8 heteroatoms. The molecule has 1 aromatic heterocycles. The Balaban J connectivity index is 1.50. The molecule has 2 fully saturated rings. The van der Waals surface area contributed by atoms with Gasteiger partial charge in [0.25, 0.3) is 11.8 Å². The SMILES string of the molecule is Cc1nc2c(C(=O)N3CCC(C4(C)NC(=O)NC4=O)CC3)cccc2[nH]1. The lowest BCUT2D eigenvalue weighted by Gasteiger charge is -2.38. The molecule has 1 aromatic carbocycles. The summed E-state index contributed by atoms with van der Waals surface area (Å²) in [6.45, 7) is 4.70. The van der Waals surface area contributed by atoms with E-state index in [0.717, 1.165) is 11.3 Å². The van der Waals surface area contributed by atoms with E-state index >= 15 is 0 Å². The van der Waals surface area contributed by atoms with Gasteiger partial charge in [0.05, 0.1) is 11.1 Å². The normalized spacial score (nSPS) is 24.0. The zero-order valence-electron chi connectivity index (χ0n) is 14.8. The predicted molar refractivity (Wildman–Crippen MR) is 94.5 cm³/mol. The third-order valence-corrected chi connectivity index (χ3v) is 5.53. The molecule has 0 spiro atoms. The van der Waals surface area contributed by atoms with Crippen LogP contribution in [0.25, 0.3) is 11.0 Å². The summed E-state index contributed by atoms with van der Waals surface area (Å²) >= 11 is 0. The van der Waals surface area contributed by atoms with Crippen molar-refractivity contribution in [3.8, 4) is 0 Å². The lowest BCUT2D eigenvalue weighted by atomic mass is 9.79. The number of amides is 4. The first kappa shape index (κ1) is 16.6. The number of para-hydroxylation sites is 1. The van der Waals surface area contributed by atoms with Gasteiger partial charge in [0.1, 0.15) is 16.9 Å². The van der Waals surface area contributed by atoms with E-state index in [9.17, 15) is 14.4 Å². The van der Waals surface area contributed by atoms with Gasteiger partial charge in [-0.1, -0.05) is 6.07 Å². The van der Waals surface area contributed by atoms with E-state index < -0.39 is 11.6 Å². The number of benzene rings is 1. The number of imidazole rings is 1. The highest BCUT2D eigenvalue weighted by molar-refractivity contribution is 6.07. The average Bonchev–Trinajstić information content (AvgIpc) is 3.12. The number of urea groups is 1. The molecule has 1 unspecified atom stereocenters. The van der Waals surface area contributed by atoms with Crippen LogP contribution in [0.4, 0.5) is 4.79 Å². The second-order valence-corrected chi connectivity index (χ2v) is 7.20. The van der Waals surface area contributed by atoms with E-state index in [2.05, 4.69) is 20.6 Å². The van der Waals surface area contributed by atoms with Crippen LogP contribution in [0.1, 0.15) is 35.9 Å². The number of aromatic nitrogens is 2. The lowest BCUT2D eigenvalue weighted by Crippen LogP contribution is -2.54. The molecule has 3 heterocycles. The van der Waals surface area contributed by atoms with Crippen molar-refractivity contribution in [3.05, 3.63) is 29.6 Å². The van der Waals surface area contributed by atoms with E-state index in [4.69, 9.17) is 0 Å². The number of H-pyrrole nitrogens is 1. The molecule has 0 aliphatic carbocycles. The van der Waals surface area contributed by atoms with Crippen molar-refractivity contribution in [2.75, 3.05) is 13.1 Å². The molecule has 8 nitrogen and oxygen atoms in total. The summed E-state index contributed by atoms with van der Waals surface area (Å²) in [4.78, 5) is 45.9. The Labute approximate surface area is 150 Å². The van der Waals surface area contributed by atoms with Gasteiger partial charge in [0.15, 0.2) is 0 Å². The summed E-state index contributed by atoms with van der Waals surface area (Å²) in [6.07, 6.45) is 1.32. The van der Waals surface area contributed by atoms with Crippen molar-refractivity contribution in [2.24, 2.45) is 5.92 Å². The van der Waals surface area contributed by atoms with E-state index in [1.807, 2.05) is 19.1 Å². The summed E-state index contributed by atoms with van der Waals surface area (Å²) in [5.41, 5.74) is 1.22. The summed E-state index contributed by atoms with van der Waals surface area (Å²) in [5.74, 6) is 0.436. The first-order chi connectivity index (χ1) is 12.4. The van der Waals surface area contributed by atoms with E-state index in [-0.39, 0.29) is 17.7 Å². The minimum absolute atomic E-state index is 0.00132. The first-order valence-corrected chi connectivity index (χ1v) is 8.76. The molecule has 0 radical (unpaired) electrons. The van der Waals surface area contributed by atoms with Crippen LogP contribution >= 0.6 is 0 Å². The van der Waals surface area contributed by atoms with Gasteiger partial charge in [0.2, 0.25) is 0 Å². The van der Waals surface area contributed by atoms with Crippen molar-refractivity contribution >= 4 is 28.9 Å². The second kappa shape index (κ2) is 5.82. The number of carbonyl (C=O) groups excluding carboxylic acids is 3. The van der Waals surface area contributed by atoms with Gasteiger partial charge in [-0.05, 0) is 44.7 Å². The number of hydrogen-bond acceptors (Lipinski definition) is 4. The Bertz CT molecular complexity index is 913. The molecule has 4 amide bonds. The van der Waals surface area contributed by atoms with Crippen molar-refractivity contribution in [3.63, 3.8) is 0 Å². The van der Waals surface area contributed by atoms with Crippen molar-refractivity contribution < 1.29 is 14.4 Å². The Morgan fingerprint density at radius 3 is 2.65 bits per heavy atom. The molecule has 3 N–H and O–H groups in total. The van der Waals surface area contributed by atoms with Gasteiger partial charge in [-0.15, -0.1) is 0 Å². The third-order valence-electron chi connectivity index (χ3n) is 5.53. The van der Waals surface area contributed by atoms with Crippen molar-refractivity contribution in [2.45, 2.75) is 32.2 Å². The van der Waals surface area contributed by atoms with E-state index in [1.54, 1.807) is 17.9 Å². The molecule has 2 aliphatic rings. The van der Waals surface area contributed by atoms with Crippen LogP contribution in [0, 0.1) is 12.8 Å². The van der Waals surface area contributed by atoms with E-state index in [1.165, 1.54) is 0 Å². The number of nitrogens with one attached hydrogen (secondary N) is 3. The number of imide groups is 1. The molecule has 4 rings (SSSR count). The van der Waals surface area contributed by atoms with Crippen LogP contribution in [0.3, 0.4) is 0 Å². The summed E-state index contributed by atoms with van der Waals surface area (Å²) in [5, 5.41) is 5.04. The Morgan fingerprint density at radius 1 is 1.27 bits per heavy atom. The molecule has 0 saturated carbocycles. The van der Waals surface area contributed by atoms with Gasteiger partial charge >= 0.3 is 6.03 Å². The van der Waals surface area contributed by atoms with Gasteiger partial charge < -0.3 is 15.2 Å². The number of likely N-dealkylation sites (tertiary alicyclic amines) is 1. The van der Waals surface area contributed by atoms with Crippen LogP contribution in [0.5, 0.6) is 0 Å². The zero-order chi connectivity index (χ0) is 18.5. The van der Waals surface area contributed by atoms with Crippen LogP contribution in [-0.4, -0.2) is 51.3 Å². The fraction of sp³-hybridized carbons (Fsp3) is 0.444. The molecular formula is C18H21N5O3. The molecule has 0 bridgehead atoms. The smallest absolute Gasteiger partial charge is 0.322 e. The fourth-order valence-electron chi connectivity index (χ4n) is 4.00. The largest absolute Gasteiger partial charge is 0.342 e. The Morgan fingerprint density at radius 2 is 2.00 bits per heavy atom. The van der Waals surface area contributed by atoms with E-state index in [0.29, 0.717) is 37.0 Å². The summed E-state index contributed by atoms with van der Waals surface area (Å²) < 4.78 is 0. The summed E-state index contributed by atoms with van der Waals surface area (Å²) in [7, 11) is 0. The monoisotopic (exact) mass is 355 g/mol. The quantitative estimate of drug-likeness (QED) is 0.706. The van der Waals surface area contributed by atoms with Crippen LogP contribution in [-0.2, 0) is 4.79 Å². The maximum absolute atomic E-state index is 13.0. The van der Waals surface area contributed by atoms with Gasteiger partial charge in [0, 0.05) is 13.1 Å². The summed E-state index contributed by atoms with van der Waals surface area (Å²) in [6, 6.07) is 5.10. The Kier molecular flexibility index (Phi) is 3.71. The minimum Gasteiger partial charge on any atom is -0.342 e. The van der Waals surface area contributed by atoms with Gasteiger partial charge in [-0.3, -0.25) is 14.9 Å². The first-order valence-electron chi connectivity index (χ1n) is 8.76. The number of nitrogens with zero attached hydrogens (tertiary/aromatic N) is 2. The molecule has 1 atom stereocenters. The zero-order valence-corrected chi connectivity index (χ0v) is 14.8. The van der Waals surface area contributed by atoms with Crippen LogP contribution in [0.15, 0.2) is 18.2 Å². The number of piperidine rings is 1. The lowest BCUT2D eigenvalue weighted by molar-refractivity contribution is -0.125. The molecule has 2 aliphatic heterocycles. The highest BCUT2D eigenvalue weighted by atomic mass is 16.2. The predicted octanol–water partition coefficient (Wildman–Crippen LogP) is 1.32. The van der Waals surface area contributed by atoms with Gasteiger partial charge in [-0.2, -0.15) is 0 Å². The second-order valence-electron chi connectivity index (χ2n) is 7.20. The fourth-order valence-corrected chi connectivity index (χ4v) is 4.00.